The number of azo groups is 3. The monoisotopic (exact) mass is 1060 g/mol. The standard InChI is InChI=1S/C41H34N8O12S3.Cu.3Na/c1-22-13-28(8-12-34(22)46-45-29-6-3-24-16-31(62-60-58-52)19-39(33(24)18-29)64(54,55)56)44-47-35-20-37(50)36(14-23(35)2)48-49-40-38(63-61-59-53)17-25-15-27(7-11-32(25)41(40)51)43-21-57-30-9-4-26(42)5-10-30;;;;/h3-20,43,50-53H,21,42H2,1-2H3,(H,54,55,56);;;;/q;;3*+1/p-3. The second kappa shape index (κ2) is 27.4. The Morgan fingerprint density at radius 3 is 2.00 bits per heavy atom. The van der Waals surface area contributed by atoms with Crippen LogP contribution in [0.1, 0.15) is 11.1 Å². The van der Waals surface area contributed by atoms with Crippen LogP contribution >= 0.6 is 24.1 Å². The molecule has 0 atom stereocenters. The number of aryl methyl sites for hydroxylation is 2. The van der Waals surface area contributed by atoms with E-state index in [1.54, 1.807) is 86.6 Å². The van der Waals surface area contributed by atoms with Crippen LogP contribution in [0.15, 0.2) is 155 Å². The fraction of sp³-hybridized carbons (Fsp3) is 0.0732. The van der Waals surface area contributed by atoms with Crippen molar-refractivity contribution in [2.24, 2.45) is 30.7 Å². The van der Waals surface area contributed by atoms with Crippen molar-refractivity contribution in [3.63, 3.8) is 0 Å². The summed E-state index contributed by atoms with van der Waals surface area (Å²) in [6.45, 7) is 3.63. The average Bonchev–Trinajstić information content (AvgIpc) is 3.27. The summed E-state index contributed by atoms with van der Waals surface area (Å²) in [7, 11) is -4.92. The Labute approximate surface area is 473 Å². The van der Waals surface area contributed by atoms with Crippen molar-refractivity contribution in [1.29, 1.82) is 0 Å². The van der Waals surface area contributed by atoms with E-state index in [0.717, 1.165) is 6.07 Å². The van der Waals surface area contributed by atoms with Crippen molar-refractivity contribution in [1.82, 2.24) is 0 Å². The van der Waals surface area contributed by atoms with E-state index in [4.69, 9.17) is 10.5 Å². The van der Waals surface area contributed by atoms with E-state index in [2.05, 4.69) is 54.7 Å². The molecule has 0 bridgehead atoms. The maximum atomic E-state index is 12.0. The van der Waals surface area contributed by atoms with Gasteiger partial charge >= 0.3 is 88.7 Å². The van der Waals surface area contributed by atoms with Crippen LogP contribution in [-0.4, -0.2) is 29.9 Å². The fourth-order valence-electron chi connectivity index (χ4n) is 6.09. The van der Waals surface area contributed by atoms with E-state index in [1.807, 2.05) is 0 Å². The third-order valence-electron chi connectivity index (χ3n) is 9.18. The van der Waals surface area contributed by atoms with Crippen molar-refractivity contribution in [3.05, 3.63) is 120 Å². The first-order valence-corrected chi connectivity index (χ1v) is 21.2. The van der Waals surface area contributed by atoms with E-state index in [1.165, 1.54) is 30.3 Å². The van der Waals surface area contributed by atoms with Crippen molar-refractivity contribution in [3.8, 4) is 17.2 Å². The molecule has 0 aliphatic heterocycles. The van der Waals surface area contributed by atoms with Crippen LogP contribution in [0.4, 0.5) is 45.5 Å². The van der Waals surface area contributed by atoms with Gasteiger partial charge in [0, 0.05) is 50.2 Å². The summed E-state index contributed by atoms with van der Waals surface area (Å²) in [6.07, 6.45) is 0. The van der Waals surface area contributed by atoms with E-state index >= 15 is 0 Å². The van der Waals surface area contributed by atoms with Crippen LogP contribution in [0.5, 0.6) is 17.2 Å². The van der Waals surface area contributed by atoms with Gasteiger partial charge < -0.3 is 41.1 Å². The molecule has 0 saturated carbocycles. The largest absolute Gasteiger partial charge is 1.00 e. The number of rotatable bonds is 17. The SMILES string of the molecule is Cc1cc(N=Nc2cc(O)c(N=Nc3c(SOO[O-])cc4cc(NCOc5ccc(N)cc5)ccc4c3O)cc2C)ccc1N=Nc1ccc2cc(SOO[O-])cc(S(=O)(=O)[O-])c2c1.[Cu].[Na+].[Na+].[Na+]. The van der Waals surface area contributed by atoms with Crippen molar-refractivity contribution >= 4 is 101 Å². The summed E-state index contributed by atoms with van der Waals surface area (Å²) in [5.41, 5.74) is 9.72. The molecule has 0 aliphatic rings. The molecule has 7 rings (SSSR count). The zero-order valence-electron chi connectivity index (χ0n) is 36.4. The predicted molar refractivity (Wildman–Crippen MR) is 230 cm³/mol. The molecular formula is C41H31CuN8Na3O12S3. The maximum absolute atomic E-state index is 12.0. The average molecular weight is 1060 g/mol. The van der Waals surface area contributed by atoms with Gasteiger partial charge in [-0.2, -0.15) is 29.1 Å². The number of benzene rings is 7. The van der Waals surface area contributed by atoms with Gasteiger partial charge in [0.2, 0.25) is 0 Å². The van der Waals surface area contributed by atoms with Gasteiger partial charge in [-0.1, -0.05) is 6.07 Å². The molecule has 0 aliphatic carbocycles. The molecule has 0 amide bonds. The van der Waals surface area contributed by atoms with Crippen LogP contribution < -0.4 is 115 Å². The summed E-state index contributed by atoms with van der Waals surface area (Å²) in [4.78, 5) is -0.201. The summed E-state index contributed by atoms with van der Waals surface area (Å²) in [5.74, 6) is 0.0482. The van der Waals surface area contributed by atoms with Gasteiger partial charge in [0.05, 0.1) is 56.6 Å². The first-order chi connectivity index (χ1) is 30.8. The Kier molecular flexibility index (Phi) is 23.8. The molecule has 0 unspecified atom stereocenters. The second-order valence-electron chi connectivity index (χ2n) is 13.5. The van der Waals surface area contributed by atoms with E-state index < -0.39 is 15.0 Å². The number of nitrogens with one attached hydrogen (secondary N) is 1. The van der Waals surface area contributed by atoms with E-state index in [9.17, 15) is 33.7 Å². The fourth-order valence-corrected chi connectivity index (χ4v) is 7.83. The molecule has 5 N–H and O–H groups in total. The van der Waals surface area contributed by atoms with Crippen molar-refractivity contribution < 1.29 is 163 Å². The molecule has 7 aromatic carbocycles. The van der Waals surface area contributed by atoms with Crippen LogP contribution in [0.25, 0.3) is 21.5 Å². The van der Waals surface area contributed by atoms with Gasteiger partial charge in [-0.3, -0.25) is 10.1 Å². The number of fused-ring (bicyclic) bond motifs is 2. The minimum atomic E-state index is -4.92. The Bertz CT molecular complexity index is 3090. The number of nitrogens with zero attached hydrogens (tertiary/aromatic N) is 6. The van der Waals surface area contributed by atoms with Gasteiger partial charge in [-0.25, -0.2) is 8.42 Å². The number of anilines is 2. The predicted octanol–water partition coefficient (Wildman–Crippen LogP) is 0.673. The van der Waals surface area contributed by atoms with E-state index in [-0.39, 0.29) is 156 Å². The number of phenols is 2. The molecule has 0 heterocycles. The normalized spacial score (nSPS) is 11.4. The molecule has 1 radical (unpaired) electrons. The third kappa shape index (κ3) is 15.4. The summed E-state index contributed by atoms with van der Waals surface area (Å²) in [5, 5.41) is 80.0. The zero-order chi connectivity index (χ0) is 45.4. The van der Waals surface area contributed by atoms with Crippen LogP contribution in [0.3, 0.4) is 0 Å². The Hall–Kier alpha value is -3.25. The topological polar surface area (TPSA) is 302 Å². The molecule has 20 nitrogen and oxygen atoms in total. The summed E-state index contributed by atoms with van der Waals surface area (Å²) < 4.78 is 50.6. The number of phenolic OH excluding ortho intramolecular Hbond substituents is 2. The Balaban J connectivity index is 0.00000306. The van der Waals surface area contributed by atoms with Crippen LogP contribution in [0.2, 0.25) is 0 Å². The van der Waals surface area contributed by atoms with E-state index in [0.29, 0.717) is 85.6 Å². The van der Waals surface area contributed by atoms with Gasteiger partial charge in [-0.05, 0) is 133 Å². The molecule has 339 valence electrons. The molecule has 68 heavy (non-hydrogen) atoms. The molecular weight excluding hydrogens is 1030 g/mol. The summed E-state index contributed by atoms with van der Waals surface area (Å²) in [6, 6.07) is 28.6. The van der Waals surface area contributed by atoms with Crippen LogP contribution in [0, 0.1) is 13.8 Å². The quantitative estimate of drug-likeness (QED) is 0.0142. The number of nitrogen functional groups attached to an aromatic ring is 1. The molecule has 0 saturated heterocycles. The minimum Gasteiger partial charge on any atom is -0.744 e. The van der Waals surface area contributed by atoms with Gasteiger partial charge in [0.1, 0.15) is 33.0 Å². The molecule has 27 heteroatoms. The zero-order valence-corrected chi connectivity index (χ0v) is 45.8. The van der Waals surface area contributed by atoms with Crippen molar-refractivity contribution in [2.45, 2.75) is 28.5 Å². The van der Waals surface area contributed by atoms with Gasteiger partial charge in [0.25, 0.3) is 0 Å². The first kappa shape index (κ1) is 59.1. The number of aromatic hydroxyl groups is 2. The van der Waals surface area contributed by atoms with Gasteiger partial charge in [-0.15, -0.1) is 10.2 Å². The number of ether oxygens (including phenoxy) is 1. The van der Waals surface area contributed by atoms with Gasteiger partial charge in [0.15, 0.2) is 12.5 Å². The maximum Gasteiger partial charge on any atom is 1.00 e. The minimum absolute atomic E-state index is 0. The van der Waals surface area contributed by atoms with Crippen LogP contribution in [-0.2, 0) is 45.9 Å². The number of nitrogens with two attached hydrogens (primary N) is 1. The first-order valence-electron chi connectivity index (χ1n) is 18.3. The third-order valence-corrected chi connectivity index (χ3v) is 11.2. The number of hydrogen-bond donors (Lipinski definition) is 4. The molecule has 0 fully saturated rings. The Morgan fingerprint density at radius 1 is 0.662 bits per heavy atom. The number of hydrogen-bond acceptors (Lipinski definition) is 22. The summed E-state index contributed by atoms with van der Waals surface area (Å²) >= 11 is 0.958. The van der Waals surface area contributed by atoms with Crippen molar-refractivity contribution in [2.75, 3.05) is 17.8 Å². The molecule has 0 spiro atoms. The smallest absolute Gasteiger partial charge is 0.744 e. The second-order valence-corrected chi connectivity index (χ2v) is 16.3. The molecule has 7 aromatic rings. The Morgan fingerprint density at radius 2 is 1.31 bits per heavy atom. The molecule has 0 aromatic heterocycles.